The van der Waals surface area contributed by atoms with Gasteiger partial charge in [-0.05, 0) is 29.0 Å². The molecule has 0 atom stereocenters. The lowest BCUT2D eigenvalue weighted by Crippen LogP contribution is -1.78. The molecular weight excluding hydrogens is 312 g/mol. The summed E-state index contributed by atoms with van der Waals surface area (Å²) in [4.78, 5) is 9.35. The van der Waals surface area contributed by atoms with Gasteiger partial charge in [-0.3, -0.25) is 0 Å². The van der Waals surface area contributed by atoms with Crippen LogP contribution < -0.4 is 0 Å². The Balaban J connectivity index is 2.07. The van der Waals surface area contributed by atoms with Crippen LogP contribution in [0.4, 0.5) is 0 Å². The van der Waals surface area contributed by atoms with Gasteiger partial charge in [-0.1, -0.05) is 42.5 Å². The Labute approximate surface area is 141 Å². The van der Waals surface area contributed by atoms with Crippen LogP contribution in [0.3, 0.4) is 0 Å². The maximum absolute atomic E-state index is 4.59. The molecule has 0 bridgehead atoms. The lowest BCUT2D eigenvalue weighted by Gasteiger charge is -2.04. The van der Waals surface area contributed by atoms with Gasteiger partial charge in [0.05, 0.1) is 10.2 Å². The minimum Gasteiger partial charge on any atom is -0.353 e. The SMILES string of the molecule is c1ccc2c(c1)[nH]c1c3sc4ncccc4c3c3ccccc3c21. The molecule has 112 valence electrons. The van der Waals surface area contributed by atoms with Gasteiger partial charge in [0.1, 0.15) is 4.83 Å². The van der Waals surface area contributed by atoms with Crippen LogP contribution >= 0.6 is 11.3 Å². The summed E-state index contributed by atoms with van der Waals surface area (Å²) in [7, 11) is 0. The monoisotopic (exact) mass is 324 g/mol. The average molecular weight is 324 g/mol. The van der Waals surface area contributed by atoms with E-state index in [1.807, 2.05) is 12.3 Å². The van der Waals surface area contributed by atoms with Crippen LogP contribution in [0.15, 0.2) is 66.9 Å². The van der Waals surface area contributed by atoms with Crippen molar-refractivity contribution in [2.24, 2.45) is 0 Å². The molecule has 0 aliphatic rings. The lowest BCUT2D eigenvalue weighted by molar-refractivity contribution is 1.45. The van der Waals surface area contributed by atoms with E-state index < -0.39 is 0 Å². The average Bonchev–Trinajstić information content (AvgIpc) is 3.21. The molecular formula is C21H12N2S. The van der Waals surface area contributed by atoms with Crippen LogP contribution in [-0.4, -0.2) is 9.97 Å². The predicted octanol–water partition coefficient (Wildman–Crippen LogP) is 6.24. The molecule has 6 rings (SSSR count). The quantitative estimate of drug-likeness (QED) is 0.352. The maximum Gasteiger partial charge on any atom is 0.124 e. The van der Waals surface area contributed by atoms with Gasteiger partial charge >= 0.3 is 0 Å². The van der Waals surface area contributed by atoms with E-state index in [9.17, 15) is 0 Å². The van der Waals surface area contributed by atoms with Crippen molar-refractivity contribution in [3.8, 4) is 0 Å². The molecule has 24 heavy (non-hydrogen) atoms. The number of thiophene rings is 1. The van der Waals surface area contributed by atoms with E-state index in [-0.39, 0.29) is 0 Å². The van der Waals surface area contributed by atoms with Gasteiger partial charge in [-0.2, -0.15) is 0 Å². The van der Waals surface area contributed by atoms with E-state index >= 15 is 0 Å². The number of pyridine rings is 1. The molecule has 0 unspecified atom stereocenters. The first-order chi connectivity index (χ1) is 11.9. The van der Waals surface area contributed by atoms with E-state index in [4.69, 9.17) is 0 Å². The van der Waals surface area contributed by atoms with Gasteiger partial charge in [0.15, 0.2) is 0 Å². The van der Waals surface area contributed by atoms with E-state index in [2.05, 4.69) is 64.6 Å². The topological polar surface area (TPSA) is 28.7 Å². The van der Waals surface area contributed by atoms with Crippen LogP contribution in [0.1, 0.15) is 0 Å². The fraction of sp³-hybridized carbons (Fsp3) is 0. The molecule has 0 radical (unpaired) electrons. The minimum atomic E-state index is 1.10. The summed E-state index contributed by atoms with van der Waals surface area (Å²) >= 11 is 1.78. The second kappa shape index (κ2) is 4.34. The van der Waals surface area contributed by atoms with Crippen molar-refractivity contribution >= 4 is 64.2 Å². The Hall–Kier alpha value is -2.91. The third kappa shape index (κ3) is 1.43. The maximum atomic E-state index is 4.59. The van der Waals surface area contributed by atoms with Gasteiger partial charge in [0, 0.05) is 33.3 Å². The number of nitrogens with zero attached hydrogens (tertiary/aromatic N) is 1. The Morgan fingerprint density at radius 3 is 2.29 bits per heavy atom. The summed E-state index contributed by atoms with van der Waals surface area (Å²) in [6, 6.07) is 21.5. The number of aromatic amines is 1. The van der Waals surface area contributed by atoms with Crippen LogP contribution in [-0.2, 0) is 0 Å². The molecule has 3 heterocycles. The molecule has 0 fully saturated rings. The number of nitrogens with one attached hydrogen (secondary N) is 1. The number of fused-ring (bicyclic) bond motifs is 10. The number of H-pyrrole nitrogens is 1. The van der Waals surface area contributed by atoms with E-state index in [1.165, 1.54) is 48.1 Å². The van der Waals surface area contributed by atoms with E-state index in [1.54, 1.807) is 11.3 Å². The van der Waals surface area contributed by atoms with Crippen molar-refractivity contribution in [2.75, 3.05) is 0 Å². The molecule has 3 heteroatoms. The van der Waals surface area contributed by atoms with E-state index in [0.717, 1.165) is 4.83 Å². The van der Waals surface area contributed by atoms with Crippen LogP contribution in [0.2, 0.25) is 0 Å². The third-order valence-corrected chi connectivity index (χ3v) is 6.00. The number of hydrogen-bond donors (Lipinski definition) is 1. The van der Waals surface area contributed by atoms with Gasteiger partial charge in [-0.25, -0.2) is 4.98 Å². The summed E-state index contributed by atoms with van der Waals surface area (Å²) < 4.78 is 1.30. The number of benzene rings is 3. The van der Waals surface area contributed by atoms with Crippen molar-refractivity contribution in [1.29, 1.82) is 0 Å². The first kappa shape index (κ1) is 12.5. The molecule has 6 aromatic rings. The molecule has 2 nitrogen and oxygen atoms in total. The summed E-state index contributed by atoms with van der Waals surface area (Å²) in [5, 5.41) is 7.79. The highest BCUT2D eigenvalue weighted by Crippen LogP contribution is 2.44. The Morgan fingerprint density at radius 1 is 0.708 bits per heavy atom. The summed E-state index contributed by atoms with van der Waals surface area (Å²) in [5.41, 5.74) is 2.42. The molecule has 0 amide bonds. The Bertz CT molecular complexity index is 1300. The molecule has 0 spiro atoms. The fourth-order valence-corrected chi connectivity index (χ4v) is 5.05. The van der Waals surface area contributed by atoms with Crippen LogP contribution in [0.5, 0.6) is 0 Å². The van der Waals surface area contributed by atoms with Crippen LogP contribution in [0, 0.1) is 0 Å². The molecule has 0 aliphatic carbocycles. The van der Waals surface area contributed by atoms with Crippen molar-refractivity contribution in [3.05, 3.63) is 66.9 Å². The minimum absolute atomic E-state index is 1.10. The Morgan fingerprint density at radius 2 is 1.42 bits per heavy atom. The van der Waals surface area contributed by atoms with Crippen molar-refractivity contribution in [1.82, 2.24) is 9.97 Å². The third-order valence-electron chi connectivity index (χ3n) is 4.87. The second-order valence-electron chi connectivity index (χ2n) is 6.13. The number of rotatable bonds is 0. The summed E-state index contributed by atoms with van der Waals surface area (Å²) in [5.74, 6) is 0. The van der Waals surface area contributed by atoms with Crippen LogP contribution in [0.25, 0.3) is 52.9 Å². The summed E-state index contributed by atoms with van der Waals surface area (Å²) in [6.45, 7) is 0. The van der Waals surface area contributed by atoms with Crippen molar-refractivity contribution < 1.29 is 0 Å². The number of para-hydroxylation sites is 1. The molecule has 1 N–H and O–H groups in total. The van der Waals surface area contributed by atoms with Crippen molar-refractivity contribution in [3.63, 3.8) is 0 Å². The Kier molecular flexibility index (Phi) is 2.26. The zero-order chi connectivity index (χ0) is 15.7. The number of aromatic nitrogens is 2. The highest BCUT2D eigenvalue weighted by molar-refractivity contribution is 7.26. The predicted molar refractivity (Wildman–Crippen MR) is 104 cm³/mol. The second-order valence-corrected chi connectivity index (χ2v) is 7.13. The number of hydrogen-bond acceptors (Lipinski definition) is 2. The fourth-order valence-electron chi connectivity index (χ4n) is 3.89. The smallest absolute Gasteiger partial charge is 0.124 e. The molecule has 0 saturated heterocycles. The normalized spacial score (nSPS) is 12.2. The van der Waals surface area contributed by atoms with Gasteiger partial charge in [0.2, 0.25) is 0 Å². The standard InChI is InChI=1S/C21H12N2S/c1-2-7-13-12(6-1)17-14-8-3-4-10-16(14)23-19(17)20-18(13)15-9-5-11-22-21(15)24-20/h1-11,23H. The lowest BCUT2D eigenvalue weighted by atomic mass is 9.99. The summed E-state index contributed by atoms with van der Waals surface area (Å²) in [6.07, 6.45) is 1.88. The highest BCUT2D eigenvalue weighted by atomic mass is 32.1. The zero-order valence-corrected chi connectivity index (χ0v) is 13.5. The zero-order valence-electron chi connectivity index (χ0n) is 12.7. The van der Waals surface area contributed by atoms with Gasteiger partial charge < -0.3 is 4.98 Å². The van der Waals surface area contributed by atoms with Gasteiger partial charge in [-0.15, -0.1) is 11.3 Å². The van der Waals surface area contributed by atoms with Gasteiger partial charge in [0.25, 0.3) is 0 Å². The molecule has 0 aliphatic heterocycles. The largest absolute Gasteiger partial charge is 0.353 e. The first-order valence-electron chi connectivity index (χ1n) is 8.00. The van der Waals surface area contributed by atoms with Crippen molar-refractivity contribution in [2.45, 2.75) is 0 Å². The van der Waals surface area contributed by atoms with E-state index in [0.29, 0.717) is 0 Å². The molecule has 3 aromatic heterocycles. The molecule has 3 aromatic carbocycles. The molecule has 0 saturated carbocycles. The first-order valence-corrected chi connectivity index (χ1v) is 8.82. The highest BCUT2D eigenvalue weighted by Gasteiger charge is 2.17.